The van der Waals surface area contributed by atoms with Crippen LogP contribution >= 0.6 is 15.9 Å². The fourth-order valence-electron chi connectivity index (χ4n) is 0.677. The number of ether oxygens (including phenoxy) is 1. The number of hydrogen-bond acceptors (Lipinski definition) is 3. The number of halogens is 1. The van der Waals surface area contributed by atoms with Gasteiger partial charge in [0.2, 0.25) is 0 Å². The third-order valence-corrected chi connectivity index (χ3v) is 1.79. The lowest BCUT2D eigenvalue weighted by Gasteiger charge is -2.02. The van der Waals surface area contributed by atoms with Gasteiger partial charge in [-0.05, 0) is 28.9 Å². The summed E-state index contributed by atoms with van der Waals surface area (Å²) in [6.45, 7) is 2.56. The molecule has 0 amide bonds. The lowest BCUT2D eigenvalue weighted by molar-refractivity contribution is 0.338. The Morgan fingerprint density at radius 1 is 1.73 bits per heavy atom. The minimum Gasteiger partial charge on any atom is -0.492 e. The highest BCUT2D eigenvalue weighted by Crippen LogP contribution is 2.21. The molecule has 0 saturated carbocycles. The quantitative estimate of drug-likeness (QED) is 0.821. The Balaban J connectivity index is 2.86. The van der Waals surface area contributed by atoms with Crippen molar-refractivity contribution in [3.63, 3.8) is 0 Å². The molecule has 0 aliphatic carbocycles. The van der Waals surface area contributed by atoms with Crippen molar-refractivity contribution < 1.29 is 4.74 Å². The monoisotopic (exact) mass is 216 g/mol. The van der Waals surface area contributed by atoms with E-state index in [2.05, 4.69) is 20.9 Å². The molecule has 0 fully saturated rings. The average molecular weight is 217 g/mol. The van der Waals surface area contributed by atoms with Crippen molar-refractivity contribution in [2.24, 2.45) is 0 Å². The molecule has 0 aliphatic rings. The van der Waals surface area contributed by atoms with E-state index < -0.39 is 0 Å². The molecule has 1 heterocycles. The van der Waals surface area contributed by atoms with Gasteiger partial charge in [-0.25, -0.2) is 4.98 Å². The summed E-state index contributed by atoms with van der Waals surface area (Å²) in [6, 6.07) is 1.80. The second-order valence-corrected chi connectivity index (χ2v) is 2.83. The Labute approximate surface area is 73.7 Å². The van der Waals surface area contributed by atoms with Crippen LogP contribution in [-0.4, -0.2) is 11.6 Å². The van der Waals surface area contributed by atoms with Gasteiger partial charge in [0.15, 0.2) is 0 Å². The lowest BCUT2D eigenvalue weighted by atomic mass is 10.4. The standard InChI is InChI=1S/C7H9BrN2O/c1-2-11-5-3-6(8)7(9)10-4-5/h3-4H,2H2,1H3,(H2,9,10). The zero-order chi connectivity index (χ0) is 8.27. The van der Waals surface area contributed by atoms with Crippen LogP contribution in [0.5, 0.6) is 5.75 Å². The molecule has 1 rings (SSSR count). The Bertz CT molecular complexity index is 252. The van der Waals surface area contributed by atoms with Crippen molar-refractivity contribution in [1.82, 2.24) is 4.98 Å². The first-order valence-electron chi connectivity index (χ1n) is 3.28. The van der Waals surface area contributed by atoms with Crippen molar-refractivity contribution >= 4 is 21.7 Å². The summed E-state index contributed by atoms with van der Waals surface area (Å²) in [5.41, 5.74) is 5.47. The molecule has 0 saturated heterocycles. The fourth-order valence-corrected chi connectivity index (χ4v) is 1.00. The molecule has 0 spiro atoms. The topological polar surface area (TPSA) is 48.1 Å². The second kappa shape index (κ2) is 3.57. The Hall–Kier alpha value is -0.770. The first-order chi connectivity index (χ1) is 5.24. The summed E-state index contributed by atoms with van der Waals surface area (Å²) in [7, 11) is 0. The van der Waals surface area contributed by atoms with Crippen molar-refractivity contribution in [3.8, 4) is 5.75 Å². The van der Waals surface area contributed by atoms with E-state index in [4.69, 9.17) is 10.5 Å². The molecular formula is C7H9BrN2O. The van der Waals surface area contributed by atoms with Gasteiger partial charge in [0, 0.05) is 0 Å². The maximum Gasteiger partial charge on any atom is 0.138 e. The van der Waals surface area contributed by atoms with E-state index in [1.54, 1.807) is 12.3 Å². The highest BCUT2D eigenvalue weighted by Gasteiger charge is 1.98. The molecule has 60 valence electrons. The van der Waals surface area contributed by atoms with Crippen LogP contribution < -0.4 is 10.5 Å². The molecule has 2 N–H and O–H groups in total. The van der Waals surface area contributed by atoms with E-state index in [0.29, 0.717) is 12.4 Å². The van der Waals surface area contributed by atoms with Crippen LogP contribution in [0.4, 0.5) is 5.82 Å². The number of rotatable bonds is 2. The maximum atomic E-state index is 5.47. The second-order valence-electron chi connectivity index (χ2n) is 1.97. The molecule has 0 unspecified atom stereocenters. The molecule has 0 aromatic carbocycles. The molecule has 4 heteroatoms. The van der Waals surface area contributed by atoms with Gasteiger partial charge in [0.1, 0.15) is 11.6 Å². The highest BCUT2D eigenvalue weighted by atomic mass is 79.9. The van der Waals surface area contributed by atoms with Crippen LogP contribution in [0.2, 0.25) is 0 Å². The van der Waals surface area contributed by atoms with Gasteiger partial charge in [0.25, 0.3) is 0 Å². The Kier molecular flexibility index (Phi) is 2.70. The molecule has 0 aliphatic heterocycles. The molecule has 11 heavy (non-hydrogen) atoms. The van der Waals surface area contributed by atoms with Gasteiger partial charge in [-0.3, -0.25) is 0 Å². The van der Waals surface area contributed by atoms with Gasteiger partial charge < -0.3 is 10.5 Å². The van der Waals surface area contributed by atoms with Gasteiger partial charge >= 0.3 is 0 Å². The first-order valence-corrected chi connectivity index (χ1v) is 4.07. The van der Waals surface area contributed by atoms with Gasteiger partial charge in [-0.2, -0.15) is 0 Å². The lowest BCUT2D eigenvalue weighted by Crippen LogP contribution is -1.95. The van der Waals surface area contributed by atoms with Crippen LogP contribution in [0.1, 0.15) is 6.92 Å². The van der Waals surface area contributed by atoms with Crippen molar-refractivity contribution in [2.45, 2.75) is 6.92 Å². The molecule has 0 radical (unpaired) electrons. The highest BCUT2D eigenvalue weighted by molar-refractivity contribution is 9.10. The van der Waals surface area contributed by atoms with E-state index in [0.717, 1.165) is 10.2 Å². The van der Waals surface area contributed by atoms with Crippen LogP contribution in [0.3, 0.4) is 0 Å². The zero-order valence-electron chi connectivity index (χ0n) is 6.17. The predicted molar refractivity (Wildman–Crippen MR) is 47.5 cm³/mol. The van der Waals surface area contributed by atoms with Crippen molar-refractivity contribution in [3.05, 3.63) is 16.7 Å². The number of nitrogens with two attached hydrogens (primary N) is 1. The molecule has 1 aromatic heterocycles. The van der Waals surface area contributed by atoms with E-state index in [1.165, 1.54) is 0 Å². The number of anilines is 1. The van der Waals surface area contributed by atoms with Crippen LogP contribution in [0.25, 0.3) is 0 Å². The first kappa shape index (κ1) is 8.33. The van der Waals surface area contributed by atoms with E-state index >= 15 is 0 Å². The van der Waals surface area contributed by atoms with Crippen LogP contribution in [0, 0.1) is 0 Å². The number of hydrogen-bond donors (Lipinski definition) is 1. The normalized spacial score (nSPS) is 9.64. The summed E-state index contributed by atoms with van der Waals surface area (Å²) in [5, 5.41) is 0. The molecule has 0 atom stereocenters. The molecular weight excluding hydrogens is 208 g/mol. The van der Waals surface area contributed by atoms with Crippen LogP contribution in [0.15, 0.2) is 16.7 Å². The predicted octanol–water partition coefficient (Wildman–Crippen LogP) is 1.82. The largest absolute Gasteiger partial charge is 0.492 e. The van der Waals surface area contributed by atoms with Gasteiger partial charge in [-0.1, -0.05) is 0 Å². The van der Waals surface area contributed by atoms with E-state index in [1.807, 2.05) is 6.92 Å². The van der Waals surface area contributed by atoms with E-state index in [-0.39, 0.29) is 0 Å². The van der Waals surface area contributed by atoms with E-state index in [9.17, 15) is 0 Å². The summed E-state index contributed by atoms with van der Waals surface area (Å²) < 4.78 is 5.96. The summed E-state index contributed by atoms with van der Waals surface area (Å²) in [4.78, 5) is 3.90. The Morgan fingerprint density at radius 2 is 2.45 bits per heavy atom. The fraction of sp³-hybridized carbons (Fsp3) is 0.286. The summed E-state index contributed by atoms with van der Waals surface area (Å²) in [6.07, 6.45) is 1.60. The third-order valence-electron chi connectivity index (χ3n) is 1.16. The molecule has 3 nitrogen and oxygen atoms in total. The maximum absolute atomic E-state index is 5.47. The van der Waals surface area contributed by atoms with Gasteiger partial charge in [-0.15, -0.1) is 0 Å². The SMILES string of the molecule is CCOc1cnc(N)c(Br)c1. The minimum absolute atomic E-state index is 0.480. The number of pyridine rings is 1. The van der Waals surface area contributed by atoms with Crippen molar-refractivity contribution in [1.29, 1.82) is 0 Å². The minimum atomic E-state index is 0.480. The Morgan fingerprint density at radius 3 is 3.00 bits per heavy atom. The van der Waals surface area contributed by atoms with Crippen molar-refractivity contribution in [2.75, 3.05) is 12.3 Å². The number of nitrogens with zero attached hydrogens (tertiary/aromatic N) is 1. The summed E-state index contributed by atoms with van der Waals surface area (Å²) in [5.74, 6) is 1.21. The number of aromatic nitrogens is 1. The summed E-state index contributed by atoms with van der Waals surface area (Å²) >= 11 is 3.25. The zero-order valence-corrected chi connectivity index (χ0v) is 7.76. The molecule has 0 bridgehead atoms. The van der Waals surface area contributed by atoms with Crippen LogP contribution in [-0.2, 0) is 0 Å². The smallest absolute Gasteiger partial charge is 0.138 e. The number of nitrogen functional groups attached to an aromatic ring is 1. The molecule has 1 aromatic rings. The average Bonchev–Trinajstić information content (AvgIpc) is 1.98. The van der Waals surface area contributed by atoms with Gasteiger partial charge in [0.05, 0.1) is 17.3 Å². The third kappa shape index (κ3) is 2.08.